The van der Waals surface area contributed by atoms with E-state index in [1.54, 1.807) is 6.07 Å². The van der Waals surface area contributed by atoms with Crippen LogP contribution < -0.4 is 10.2 Å². The maximum Gasteiger partial charge on any atom is 0.335 e. The maximum absolute atomic E-state index is 11.5. The van der Waals surface area contributed by atoms with E-state index in [1.165, 1.54) is 12.1 Å². The number of aromatic carboxylic acids is 1. The maximum atomic E-state index is 11.5. The highest BCUT2D eigenvalue weighted by Crippen LogP contribution is 2.30. The molecule has 1 heterocycles. The molecule has 0 radical (unpaired) electrons. The van der Waals surface area contributed by atoms with E-state index in [-0.39, 0.29) is 18.0 Å². The van der Waals surface area contributed by atoms with Gasteiger partial charge in [0, 0.05) is 12.3 Å². The molecule has 0 spiro atoms. The molecule has 1 aromatic rings. The molecular weight excluding hydrogens is 240 g/mol. The number of fused-ring (bicyclic) bond motifs is 1. The first-order valence-electron chi connectivity index (χ1n) is 5.15. The number of benzene rings is 1. The Kier molecular flexibility index (Phi) is 3.23. The van der Waals surface area contributed by atoms with Crippen molar-refractivity contribution in [2.24, 2.45) is 0 Å². The predicted octanol–water partition coefficient (Wildman–Crippen LogP) is 1.07. The van der Waals surface area contributed by atoms with Crippen molar-refractivity contribution < 1.29 is 14.7 Å². The third kappa shape index (κ3) is 2.36. The number of nitrogens with one attached hydrogen (secondary N) is 1. The van der Waals surface area contributed by atoms with Crippen LogP contribution in [0.3, 0.4) is 0 Å². The van der Waals surface area contributed by atoms with Gasteiger partial charge >= 0.3 is 5.97 Å². The minimum atomic E-state index is -1.01. The van der Waals surface area contributed by atoms with Gasteiger partial charge in [-0.05, 0) is 18.2 Å². The Labute approximate surface area is 104 Å². The first-order valence-corrected chi connectivity index (χ1v) is 5.78. The van der Waals surface area contributed by atoms with Crippen molar-refractivity contribution in [1.29, 1.82) is 0 Å². The van der Waals surface area contributed by atoms with Gasteiger partial charge in [-0.15, -0.1) is 0 Å². The van der Waals surface area contributed by atoms with Crippen LogP contribution in [0, 0.1) is 0 Å². The average Bonchev–Trinajstić information content (AvgIpc) is 2.28. The fourth-order valence-electron chi connectivity index (χ4n) is 1.81. The van der Waals surface area contributed by atoms with Gasteiger partial charge in [0.25, 0.3) is 0 Å². The Bertz CT molecular complexity index is 476. The Morgan fingerprint density at radius 2 is 2.29 bits per heavy atom. The van der Waals surface area contributed by atoms with Crippen LogP contribution in [0.2, 0.25) is 0 Å². The summed E-state index contributed by atoms with van der Waals surface area (Å²) in [6.45, 7) is 0.927. The monoisotopic (exact) mass is 252 g/mol. The summed E-state index contributed by atoms with van der Waals surface area (Å²) in [6, 6.07) is 4.71. The second-order valence-corrected chi connectivity index (χ2v) is 4.18. The molecule has 90 valence electrons. The van der Waals surface area contributed by atoms with E-state index < -0.39 is 5.97 Å². The molecule has 0 unspecified atom stereocenters. The number of carboxylic acid groups (broad SMARTS) is 1. The average molecular weight is 252 g/mol. The van der Waals surface area contributed by atoms with Crippen molar-refractivity contribution >= 4 is 35.9 Å². The van der Waals surface area contributed by atoms with Crippen LogP contribution in [0.25, 0.3) is 0 Å². The molecule has 0 saturated heterocycles. The molecule has 0 bridgehead atoms. The highest BCUT2D eigenvalue weighted by Gasteiger charge is 2.22. The second-order valence-electron chi connectivity index (χ2n) is 3.73. The Hall–Kier alpha value is -1.69. The summed E-state index contributed by atoms with van der Waals surface area (Å²) in [5, 5.41) is 11.6. The van der Waals surface area contributed by atoms with Crippen molar-refractivity contribution in [3.8, 4) is 0 Å². The van der Waals surface area contributed by atoms with Crippen LogP contribution in [0.1, 0.15) is 10.4 Å². The van der Waals surface area contributed by atoms with E-state index in [0.717, 1.165) is 5.69 Å². The SMILES string of the molecule is O=C1CN(CCS)c2ccc(C(=O)O)cc2N1. The van der Waals surface area contributed by atoms with Gasteiger partial charge in [0.1, 0.15) is 0 Å². The minimum Gasteiger partial charge on any atom is -0.478 e. The molecule has 0 aliphatic carbocycles. The molecule has 1 aromatic carbocycles. The van der Waals surface area contributed by atoms with Crippen LogP contribution in [0.4, 0.5) is 11.4 Å². The third-order valence-corrected chi connectivity index (χ3v) is 2.76. The summed E-state index contributed by atoms with van der Waals surface area (Å²) in [7, 11) is 0. The van der Waals surface area contributed by atoms with E-state index in [2.05, 4.69) is 17.9 Å². The standard InChI is InChI=1S/C11H12N2O3S/c14-10-6-13(3-4-17)9-2-1-7(11(15)16)5-8(9)12-10/h1-2,5,17H,3-4,6H2,(H,12,14)(H,15,16). The number of nitrogens with zero attached hydrogens (tertiary/aromatic N) is 1. The van der Waals surface area contributed by atoms with Gasteiger partial charge in [0.2, 0.25) is 5.91 Å². The lowest BCUT2D eigenvalue weighted by molar-refractivity contribution is -0.115. The molecule has 2 rings (SSSR count). The number of amides is 1. The van der Waals surface area contributed by atoms with Crippen molar-refractivity contribution in [1.82, 2.24) is 0 Å². The third-order valence-electron chi connectivity index (χ3n) is 2.56. The number of thiol groups is 1. The fraction of sp³-hybridized carbons (Fsp3) is 0.273. The number of rotatable bonds is 3. The smallest absolute Gasteiger partial charge is 0.335 e. The van der Waals surface area contributed by atoms with Gasteiger partial charge in [0.15, 0.2) is 0 Å². The zero-order valence-corrected chi connectivity index (χ0v) is 9.91. The number of hydrogen-bond acceptors (Lipinski definition) is 4. The van der Waals surface area contributed by atoms with Crippen molar-refractivity contribution in [3.05, 3.63) is 23.8 Å². The van der Waals surface area contributed by atoms with Gasteiger partial charge in [-0.2, -0.15) is 12.6 Å². The van der Waals surface area contributed by atoms with Crippen molar-refractivity contribution in [2.75, 3.05) is 29.1 Å². The van der Waals surface area contributed by atoms with Gasteiger partial charge in [-0.1, -0.05) is 0 Å². The lowest BCUT2D eigenvalue weighted by Gasteiger charge is -2.30. The lowest BCUT2D eigenvalue weighted by atomic mass is 10.1. The van der Waals surface area contributed by atoms with E-state index in [4.69, 9.17) is 5.11 Å². The molecule has 1 aliphatic rings. The molecule has 0 saturated carbocycles. The van der Waals surface area contributed by atoms with Crippen molar-refractivity contribution in [3.63, 3.8) is 0 Å². The summed E-state index contributed by atoms with van der Waals surface area (Å²) >= 11 is 4.14. The van der Waals surface area contributed by atoms with E-state index >= 15 is 0 Å². The predicted molar refractivity (Wildman–Crippen MR) is 68.1 cm³/mol. The summed E-state index contributed by atoms with van der Waals surface area (Å²) in [5.41, 5.74) is 1.54. The molecule has 1 amide bonds. The quantitative estimate of drug-likeness (QED) is 0.704. The molecule has 1 aliphatic heterocycles. The van der Waals surface area contributed by atoms with Gasteiger partial charge in [-0.25, -0.2) is 4.79 Å². The molecule has 17 heavy (non-hydrogen) atoms. The second kappa shape index (κ2) is 4.67. The first kappa shape index (κ1) is 11.8. The number of carboxylic acids is 1. The van der Waals surface area contributed by atoms with E-state index in [9.17, 15) is 9.59 Å². The Morgan fingerprint density at radius 3 is 2.94 bits per heavy atom. The summed E-state index contributed by atoms with van der Waals surface area (Å²) < 4.78 is 0. The summed E-state index contributed by atoms with van der Waals surface area (Å²) in [5.74, 6) is -0.511. The molecule has 0 atom stereocenters. The van der Waals surface area contributed by atoms with Crippen LogP contribution in [0.15, 0.2) is 18.2 Å². The van der Waals surface area contributed by atoms with Gasteiger partial charge in [-0.3, -0.25) is 4.79 Å². The molecular formula is C11H12N2O3S. The topological polar surface area (TPSA) is 69.6 Å². The molecule has 5 nitrogen and oxygen atoms in total. The van der Waals surface area contributed by atoms with Gasteiger partial charge < -0.3 is 15.3 Å². The molecule has 0 aromatic heterocycles. The van der Waals surface area contributed by atoms with Crippen LogP contribution in [0.5, 0.6) is 0 Å². The van der Waals surface area contributed by atoms with E-state index in [0.29, 0.717) is 18.0 Å². The van der Waals surface area contributed by atoms with Crippen LogP contribution in [-0.4, -0.2) is 35.8 Å². The fourth-order valence-corrected chi connectivity index (χ4v) is 2.05. The Balaban J connectivity index is 2.40. The molecule has 0 fully saturated rings. The number of carbonyl (C=O) groups is 2. The zero-order valence-electron chi connectivity index (χ0n) is 9.01. The van der Waals surface area contributed by atoms with Crippen LogP contribution in [-0.2, 0) is 4.79 Å². The lowest BCUT2D eigenvalue weighted by Crippen LogP contribution is -2.39. The highest BCUT2D eigenvalue weighted by molar-refractivity contribution is 7.80. The Morgan fingerprint density at radius 1 is 1.53 bits per heavy atom. The van der Waals surface area contributed by atoms with Crippen molar-refractivity contribution in [2.45, 2.75) is 0 Å². The minimum absolute atomic E-state index is 0.137. The summed E-state index contributed by atoms with van der Waals surface area (Å²) in [6.07, 6.45) is 0. The zero-order chi connectivity index (χ0) is 12.4. The largest absolute Gasteiger partial charge is 0.478 e. The van der Waals surface area contributed by atoms with Gasteiger partial charge in [0.05, 0.1) is 23.5 Å². The first-order chi connectivity index (χ1) is 8.11. The molecule has 2 N–H and O–H groups in total. The number of carbonyl (C=O) groups excluding carboxylic acids is 1. The normalized spacial score (nSPS) is 14.2. The highest BCUT2D eigenvalue weighted by atomic mass is 32.1. The molecule has 6 heteroatoms. The summed E-state index contributed by atoms with van der Waals surface area (Å²) in [4.78, 5) is 24.2. The van der Waals surface area contributed by atoms with E-state index in [1.807, 2.05) is 4.90 Å². The number of hydrogen-bond donors (Lipinski definition) is 3. The number of anilines is 2. The van der Waals surface area contributed by atoms with Crippen LogP contribution >= 0.6 is 12.6 Å².